The van der Waals surface area contributed by atoms with Crippen LogP contribution in [0.15, 0.2) is 54.7 Å². The predicted molar refractivity (Wildman–Crippen MR) is 134 cm³/mol. The minimum atomic E-state index is -0.198. The van der Waals surface area contributed by atoms with Crippen LogP contribution >= 0.6 is 0 Å². The fraction of sp³-hybridized carbons (Fsp3) is 0.321. The van der Waals surface area contributed by atoms with Crippen LogP contribution in [0.4, 0.5) is 14.5 Å². The molecule has 1 aliphatic rings. The Morgan fingerprint density at radius 3 is 2.21 bits per heavy atom. The van der Waals surface area contributed by atoms with E-state index in [1.807, 2.05) is 71.9 Å². The van der Waals surface area contributed by atoms with Crippen molar-refractivity contribution < 1.29 is 18.4 Å². The molecule has 0 amide bonds. The minimum Gasteiger partial charge on any atom is -0.371 e. The summed E-state index contributed by atoms with van der Waals surface area (Å²) in [5.41, 5.74) is 6.18. The molecular formula is C28H34F2N2O2. The van der Waals surface area contributed by atoms with Crippen molar-refractivity contribution in [2.75, 3.05) is 11.9 Å². The maximum absolute atomic E-state index is 13.9. The summed E-state index contributed by atoms with van der Waals surface area (Å²) in [7, 11) is 2.01. The average Bonchev–Trinajstić information content (AvgIpc) is 2.85. The van der Waals surface area contributed by atoms with Crippen molar-refractivity contribution in [3.05, 3.63) is 94.3 Å². The van der Waals surface area contributed by atoms with E-state index in [4.69, 9.17) is 9.59 Å². The summed E-state index contributed by atoms with van der Waals surface area (Å²) < 4.78 is 27.4. The van der Waals surface area contributed by atoms with Crippen LogP contribution < -0.4 is 4.90 Å². The van der Waals surface area contributed by atoms with Gasteiger partial charge in [0.15, 0.2) is 0 Å². The number of nitrogens with zero attached hydrogens (tertiary/aromatic N) is 2. The molecule has 0 aliphatic carbocycles. The lowest BCUT2D eigenvalue weighted by atomic mass is 9.92. The molecule has 1 atom stereocenters. The van der Waals surface area contributed by atoms with Crippen LogP contribution in [0, 0.1) is 32.4 Å². The van der Waals surface area contributed by atoms with Gasteiger partial charge < -0.3 is 14.5 Å². The van der Waals surface area contributed by atoms with Crippen LogP contribution in [0.5, 0.6) is 0 Å². The van der Waals surface area contributed by atoms with E-state index >= 15 is 0 Å². The van der Waals surface area contributed by atoms with Gasteiger partial charge in [0, 0.05) is 30.7 Å². The molecule has 0 bridgehead atoms. The Morgan fingerprint density at radius 1 is 0.941 bits per heavy atom. The van der Waals surface area contributed by atoms with E-state index in [0.717, 1.165) is 41.8 Å². The number of hydrogen-bond acceptors (Lipinski definition) is 4. The van der Waals surface area contributed by atoms with Gasteiger partial charge in [0.05, 0.1) is 0 Å². The smallest absolute Gasteiger partial charge is 0.126 e. The van der Waals surface area contributed by atoms with Crippen molar-refractivity contribution in [1.29, 1.82) is 0 Å². The van der Waals surface area contributed by atoms with Gasteiger partial charge in [0.1, 0.15) is 25.2 Å². The van der Waals surface area contributed by atoms with Crippen molar-refractivity contribution in [2.45, 2.75) is 52.5 Å². The van der Waals surface area contributed by atoms with E-state index in [0.29, 0.717) is 12.5 Å². The van der Waals surface area contributed by atoms with E-state index in [1.54, 1.807) is 12.1 Å². The quantitative estimate of drug-likeness (QED) is 0.474. The Hall–Kier alpha value is -3.41. The highest BCUT2D eigenvalue weighted by atomic mass is 19.1. The molecule has 0 N–H and O–H groups in total. The van der Waals surface area contributed by atoms with Crippen LogP contribution in [-0.4, -0.2) is 31.7 Å². The van der Waals surface area contributed by atoms with Gasteiger partial charge in [0.2, 0.25) is 0 Å². The molecule has 1 aromatic heterocycles. The summed E-state index contributed by atoms with van der Waals surface area (Å²) >= 11 is 0. The number of rotatable bonds is 3. The first-order valence-electron chi connectivity index (χ1n) is 11.1. The van der Waals surface area contributed by atoms with Crippen LogP contribution in [0.1, 0.15) is 40.8 Å². The van der Waals surface area contributed by atoms with Crippen LogP contribution in [0.2, 0.25) is 0 Å². The van der Waals surface area contributed by atoms with Crippen molar-refractivity contribution in [1.82, 2.24) is 4.98 Å². The zero-order valence-corrected chi connectivity index (χ0v) is 20.5. The molecule has 1 unspecified atom stereocenters. The van der Waals surface area contributed by atoms with E-state index in [1.165, 1.54) is 17.2 Å². The number of anilines is 1. The maximum atomic E-state index is 13.9. The second-order valence-electron chi connectivity index (χ2n) is 8.19. The normalized spacial score (nSPS) is 13.7. The van der Waals surface area contributed by atoms with Gasteiger partial charge >= 0.3 is 0 Å². The summed E-state index contributed by atoms with van der Waals surface area (Å²) in [5, 5.41) is 0. The lowest BCUT2D eigenvalue weighted by Gasteiger charge is -2.36. The van der Waals surface area contributed by atoms with Crippen LogP contribution in [0.25, 0.3) is 0 Å². The first kappa shape index (κ1) is 28.6. The molecule has 34 heavy (non-hydrogen) atoms. The predicted octanol–water partition coefficient (Wildman–Crippen LogP) is 5.99. The number of aromatic nitrogens is 1. The second-order valence-corrected chi connectivity index (χ2v) is 8.19. The van der Waals surface area contributed by atoms with Gasteiger partial charge in [-0.2, -0.15) is 0 Å². The Morgan fingerprint density at radius 2 is 1.62 bits per heavy atom. The van der Waals surface area contributed by atoms with E-state index in [9.17, 15) is 8.78 Å². The zero-order valence-electron chi connectivity index (χ0n) is 20.5. The molecule has 0 fully saturated rings. The Balaban J connectivity index is 0.000000403. The third-order valence-electron chi connectivity index (χ3n) is 5.74. The molecule has 182 valence electrons. The molecule has 0 spiro atoms. The summed E-state index contributed by atoms with van der Waals surface area (Å²) in [6.45, 7) is 9.92. The third-order valence-corrected chi connectivity index (χ3v) is 5.74. The van der Waals surface area contributed by atoms with Gasteiger partial charge in [0.25, 0.3) is 0 Å². The standard InChI is InChI=1S/C19H21F2N.C7H9N.2CH2O/c1-13-3-4-14(18(21)11-13)6-9-17-10-7-15-5-8-16(20)12-19(15)22(17)2;1-6-3-4-7(2)8-5-6;2*1-2/h3-5,8,11-12,17H,6-7,9-10H2,1-2H3;3-5H,1-2H3;2*1H2. The second kappa shape index (κ2) is 14.7. The molecule has 0 radical (unpaired) electrons. The lowest BCUT2D eigenvalue weighted by molar-refractivity contribution is -0.0987. The summed E-state index contributed by atoms with van der Waals surface area (Å²) in [5.74, 6) is -0.319. The van der Waals surface area contributed by atoms with Crippen molar-refractivity contribution in [2.24, 2.45) is 0 Å². The van der Waals surface area contributed by atoms with Gasteiger partial charge in [-0.05, 0) is 93.0 Å². The number of fused-ring (bicyclic) bond motifs is 1. The molecule has 2 heterocycles. The highest BCUT2D eigenvalue weighted by Gasteiger charge is 2.23. The van der Waals surface area contributed by atoms with Crippen molar-refractivity contribution in [3.63, 3.8) is 0 Å². The number of benzene rings is 2. The van der Waals surface area contributed by atoms with E-state index in [2.05, 4.69) is 16.0 Å². The molecule has 0 saturated carbocycles. The first-order chi connectivity index (χ1) is 16.3. The average molecular weight is 469 g/mol. The highest BCUT2D eigenvalue weighted by Crippen LogP contribution is 2.32. The molecule has 4 rings (SSSR count). The monoisotopic (exact) mass is 468 g/mol. The third kappa shape index (κ3) is 8.50. The minimum absolute atomic E-state index is 0.120. The van der Waals surface area contributed by atoms with Crippen LogP contribution in [-0.2, 0) is 22.4 Å². The molecule has 3 aromatic rings. The van der Waals surface area contributed by atoms with Gasteiger partial charge in [-0.3, -0.25) is 4.98 Å². The largest absolute Gasteiger partial charge is 0.371 e. The van der Waals surface area contributed by atoms with E-state index < -0.39 is 0 Å². The molecule has 0 saturated heterocycles. The number of carbonyl (C=O) groups is 2. The van der Waals surface area contributed by atoms with Crippen molar-refractivity contribution in [3.8, 4) is 0 Å². The van der Waals surface area contributed by atoms with Crippen molar-refractivity contribution >= 4 is 19.3 Å². The van der Waals surface area contributed by atoms with Gasteiger partial charge in [-0.1, -0.05) is 24.3 Å². The number of carbonyl (C=O) groups excluding carboxylic acids is 2. The topological polar surface area (TPSA) is 50.3 Å². The summed E-state index contributed by atoms with van der Waals surface area (Å²) in [6, 6.07) is 14.8. The Labute approximate surface area is 201 Å². The number of halogens is 2. The molecule has 6 heteroatoms. The molecular weight excluding hydrogens is 434 g/mol. The number of pyridine rings is 1. The molecule has 4 nitrogen and oxygen atoms in total. The van der Waals surface area contributed by atoms with Gasteiger partial charge in [-0.25, -0.2) is 8.78 Å². The summed E-state index contributed by atoms with van der Waals surface area (Å²) in [6.07, 6.45) is 5.46. The van der Waals surface area contributed by atoms with E-state index in [-0.39, 0.29) is 11.6 Å². The number of aryl methyl sites for hydroxylation is 5. The SMILES string of the molecule is C=O.C=O.Cc1ccc(C)nc1.Cc1ccc(CCC2CCc3ccc(F)cc3N2C)c(F)c1. The lowest BCUT2D eigenvalue weighted by Crippen LogP contribution is -2.36. The van der Waals surface area contributed by atoms with Crippen LogP contribution in [0.3, 0.4) is 0 Å². The zero-order chi connectivity index (χ0) is 25.7. The Kier molecular flexibility index (Phi) is 12.4. The van der Waals surface area contributed by atoms with Gasteiger partial charge in [-0.15, -0.1) is 0 Å². The highest BCUT2D eigenvalue weighted by molar-refractivity contribution is 5.56. The fourth-order valence-corrected chi connectivity index (χ4v) is 3.85. The fourth-order valence-electron chi connectivity index (χ4n) is 3.85. The number of hydrogen-bond donors (Lipinski definition) is 0. The Bertz CT molecular complexity index is 1000. The molecule has 1 aliphatic heterocycles. The first-order valence-corrected chi connectivity index (χ1v) is 11.1. The summed E-state index contributed by atoms with van der Waals surface area (Å²) in [4.78, 5) is 22.2. The maximum Gasteiger partial charge on any atom is 0.126 e. The molecule has 2 aromatic carbocycles.